The van der Waals surface area contributed by atoms with Crippen LogP contribution in [-0.4, -0.2) is 11.7 Å². The van der Waals surface area contributed by atoms with Crippen LogP contribution in [0.25, 0.3) is 27.5 Å². The van der Waals surface area contributed by atoms with Crippen molar-refractivity contribution in [1.82, 2.24) is 4.57 Å². The van der Waals surface area contributed by atoms with E-state index in [4.69, 9.17) is 4.74 Å². The lowest BCUT2D eigenvalue weighted by molar-refractivity contribution is 0.415. The van der Waals surface area contributed by atoms with E-state index in [2.05, 4.69) is 73.0 Å². The van der Waals surface area contributed by atoms with Crippen molar-refractivity contribution in [3.8, 4) is 11.4 Å². The second-order valence-electron chi connectivity index (χ2n) is 6.64. The Hall–Kier alpha value is -2.74. The van der Waals surface area contributed by atoms with E-state index in [1.54, 1.807) is 7.11 Å². The zero-order chi connectivity index (χ0) is 17.4. The highest BCUT2D eigenvalue weighted by molar-refractivity contribution is 6.09. The molecule has 4 aromatic rings. The van der Waals surface area contributed by atoms with E-state index in [0.717, 1.165) is 17.9 Å². The summed E-state index contributed by atoms with van der Waals surface area (Å²) >= 11 is 0. The molecule has 126 valence electrons. The normalized spacial score (nSPS) is 12.6. The highest BCUT2D eigenvalue weighted by Gasteiger charge is 2.13. The Balaban J connectivity index is 2.01. The molecule has 1 atom stereocenters. The number of ether oxygens (including phenoxy) is 1. The first-order valence-electron chi connectivity index (χ1n) is 8.90. The van der Waals surface area contributed by atoms with E-state index in [1.165, 1.54) is 27.4 Å². The molecule has 25 heavy (non-hydrogen) atoms. The van der Waals surface area contributed by atoms with Gasteiger partial charge in [-0.05, 0) is 60.4 Å². The van der Waals surface area contributed by atoms with Gasteiger partial charge in [-0.15, -0.1) is 0 Å². The molecule has 4 rings (SSSR count). The topological polar surface area (TPSA) is 14.2 Å². The largest absolute Gasteiger partial charge is 0.497 e. The number of methoxy groups -OCH3 is 1. The van der Waals surface area contributed by atoms with E-state index in [1.807, 2.05) is 12.1 Å². The van der Waals surface area contributed by atoms with Crippen LogP contribution in [0.5, 0.6) is 5.75 Å². The Bertz CT molecular complexity index is 1030. The van der Waals surface area contributed by atoms with Gasteiger partial charge in [-0.2, -0.15) is 0 Å². The van der Waals surface area contributed by atoms with Crippen LogP contribution in [0.4, 0.5) is 0 Å². The number of benzene rings is 3. The molecule has 2 heteroatoms. The summed E-state index contributed by atoms with van der Waals surface area (Å²) < 4.78 is 7.64. The number of aromatic nitrogens is 1. The van der Waals surface area contributed by atoms with Gasteiger partial charge in [-0.1, -0.05) is 38.1 Å². The second-order valence-corrected chi connectivity index (χ2v) is 6.64. The lowest BCUT2D eigenvalue weighted by atomic mass is 9.97. The summed E-state index contributed by atoms with van der Waals surface area (Å²) in [7, 11) is 1.70. The summed E-state index contributed by atoms with van der Waals surface area (Å²) in [6, 6.07) is 23.8. The Labute approximate surface area is 148 Å². The van der Waals surface area contributed by atoms with E-state index in [-0.39, 0.29) is 0 Å². The van der Waals surface area contributed by atoms with Crippen LogP contribution in [0.1, 0.15) is 31.7 Å². The molecule has 2 nitrogen and oxygen atoms in total. The van der Waals surface area contributed by atoms with Crippen LogP contribution in [0.15, 0.2) is 66.7 Å². The maximum atomic E-state index is 5.31. The first-order chi connectivity index (χ1) is 12.2. The van der Waals surface area contributed by atoms with Crippen LogP contribution < -0.4 is 4.74 Å². The van der Waals surface area contributed by atoms with E-state index >= 15 is 0 Å². The monoisotopic (exact) mass is 329 g/mol. The van der Waals surface area contributed by atoms with Crippen molar-refractivity contribution >= 4 is 21.8 Å². The minimum absolute atomic E-state index is 0.576. The first-order valence-corrected chi connectivity index (χ1v) is 8.90. The lowest BCUT2D eigenvalue weighted by Crippen LogP contribution is -1.95. The van der Waals surface area contributed by atoms with Crippen molar-refractivity contribution < 1.29 is 4.74 Å². The zero-order valence-electron chi connectivity index (χ0n) is 15.0. The van der Waals surface area contributed by atoms with Crippen LogP contribution in [-0.2, 0) is 0 Å². The van der Waals surface area contributed by atoms with E-state index < -0.39 is 0 Å². The fourth-order valence-corrected chi connectivity index (χ4v) is 3.54. The Morgan fingerprint density at radius 3 is 2.32 bits per heavy atom. The quantitative estimate of drug-likeness (QED) is 0.428. The van der Waals surface area contributed by atoms with Gasteiger partial charge in [0.2, 0.25) is 0 Å². The van der Waals surface area contributed by atoms with Crippen LogP contribution in [0.2, 0.25) is 0 Å². The third-order valence-electron chi connectivity index (χ3n) is 5.21. The summed E-state index contributed by atoms with van der Waals surface area (Å²) in [5, 5.41) is 2.63. The third-order valence-corrected chi connectivity index (χ3v) is 5.21. The van der Waals surface area contributed by atoms with Crippen molar-refractivity contribution in [3.63, 3.8) is 0 Å². The molecule has 1 heterocycles. The van der Waals surface area contributed by atoms with Crippen molar-refractivity contribution in [2.24, 2.45) is 0 Å². The van der Waals surface area contributed by atoms with E-state index in [0.29, 0.717) is 5.92 Å². The number of nitrogens with zero attached hydrogens (tertiary/aromatic N) is 1. The van der Waals surface area contributed by atoms with Crippen LogP contribution in [0, 0.1) is 0 Å². The predicted molar refractivity (Wildman–Crippen MR) is 106 cm³/mol. The Kier molecular flexibility index (Phi) is 3.96. The second kappa shape index (κ2) is 6.29. The van der Waals surface area contributed by atoms with Gasteiger partial charge in [0, 0.05) is 16.5 Å². The SMILES string of the molecule is CCC(C)c1ccc2c(c1)c1ccccc1n2-c1ccc(OC)cc1. The van der Waals surface area contributed by atoms with Gasteiger partial charge >= 0.3 is 0 Å². The van der Waals surface area contributed by atoms with Crippen molar-refractivity contribution in [2.45, 2.75) is 26.2 Å². The number of para-hydroxylation sites is 1. The molecule has 1 unspecified atom stereocenters. The van der Waals surface area contributed by atoms with Crippen LogP contribution in [0.3, 0.4) is 0 Å². The molecular weight excluding hydrogens is 306 g/mol. The third kappa shape index (κ3) is 2.58. The zero-order valence-corrected chi connectivity index (χ0v) is 15.0. The van der Waals surface area contributed by atoms with Gasteiger partial charge in [0.25, 0.3) is 0 Å². The molecule has 0 bridgehead atoms. The molecule has 0 radical (unpaired) electrons. The standard InChI is InChI=1S/C23H23NO/c1-4-16(2)17-9-14-23-21(15-17)20-7-5-6-8-22(20)24(23)18-10-12-19(25-3)13-11-18/h5-16H,4H2,1-3H3. The summed E-state index contributed by atoms with van der Waals surface area (Å²) in [5.41, 5.74) is 5.05. The van der Waals surface area contributed by atoms with Gasteiger partial charge in [0.15, 0.2) is 0 Å². The van der Waals surface area contributed by atoms with Gasteiger partial charge in [0.1, 0.15) is 5.75 Å². The maximum absolute atomic E-state index is 5.31. The van der Waals surface area contributed by atoms with Crippen molar-refractivity contribution in [2.75, 3.05) is 7.11 Å². The average molecular weight is 329 g/mol. The molecule has 0 spiro atoms. The number of fused-ring (bicyclic) bond motifs is 3. The fourth-order valence-electron chi connectivity index (χ4n) is 3.54. The summed E-state index contributed by atoms with van der Waals surface area (Å²) in [6.45, 7) is 4.54. The molecule has 0 aliphatic rings. The lowest BCUT2D eigenvalue weighted by Gasteiger charge is -2.11. The molecule has 0 fully saturated rings. The molecule has 3 aromatic carbocycles. The van der Waals surface area contributed by atoms with Crippen molar-refractivity contribution in [1.29, 1.82) is 0 Å². The Morgan fingerprint density at radius 1 is 0.880 bits per heavy atom. The summed E-state index contributed by atoms with van der Waals surface area (Å²) in [5.74, 6) is 1.45. The van der Waals surface area contributed by atoms with Crippen LogP contribution >= 0.6 is 0 Å². The first kappa shape index (κ1) is 15.8. The number of hydrogen-bond donors (Lipinski definition) is 0. The van der Waals surface area contributed by atoms with Gasteiger partial charge in [-0.3, -0.25) is 0 Å². The maximum Gasteiger partial charge on any atom is 0.119 e. The minimum Gasteiger partial charge on any atom is -0.497 e. The van der Waals surface area contributed by atoms with Gasteiger partial charge in [0.05, 0.1) is 18.1 Å². The highest BCUT2D eigenvalue weighted by Crippen LogP contribution is 2.34. The Morgan fingerprint density at radius 2 is 1.60 bits per heavy atom. The summed E-state index contributed by atoms with van der Waals surface area (Å²) in [6.07, 6.45) is 1.16. The van der Waals surface area contributed by atoms with Gasteiger partial charge < -0.3 is 9.30 Å². The molecule has 0 amide bonds. The highest BCUT2D eigenvalue weighted by atomic mass is 16.5. The number of rotatable bonds is 4. The molecular formula is C23H23NO. The van der Waals surface area contributed by atoms with E-state index in [9.17, 15) is 0 Å². The van der Waals surface area contributed by atoms with Gasteiger partial charge in [-0.25, -0.2) is 0 Å². The van der Waals surface area contributed by atoms with Crippen molar-refractivity contribution in [3.05, 3.63) is 72.3 Å². The molecule has 0 saturated carbocycles. The number of hydrogen-bond acceptors (Lipinski definition) is 1. The molecule has 0 aliphatic carbocycles. The average Bonchev–Trinajstić information content (AvgIpc) is 3.01. The minimum atomic E-state index is 0.576. The molecule has 1 aromatic heterocycles. The predicted octanol–water partition coefficient (Wildman–Crippen LogP) is 6.31. The molecule has 0 aliphatic heterocycles. The fraction of sp³-hybridized carbons (Fsp3) is 0.217. The molecule has 0 N–H and O–H groups in total. The summed E-state index contributed by atoms with van der Waals surface area (Å²) in [4.78, 5) is 0. The smallest absolute Gasteiger partial charge is 0.119 e. The molecule has 0 saturated heterocycles.